The van der Waals surface area contributed by atoms with E-state index in [1.807, 2.05) is 37.3 Å². The van der Waals surface area contributed by atoms with Crippen LogP contribution in [0, 0.1) is 0 Å². The van der Waals surface area contributed by atoms with Gasteiger partial charge in [-0.3, -0.25) is 14.4 Å². The molecule has 2 fully saturated rings. The average Bonchev–Trinajstić information content (AvgIpc) is 3.98. The summed E-state index contributed by atoms with van der Waals surface area (Å²) in [7, 11) is 2.50. The lowest BCUT2D eigenvalue weighted by Gasteiger charge is -2.28. The summed E-state index contributed by atoms with van der Waals surface area (Å²) in [5.41, 5.74) is 4.85. The summed E-state index contributed by atoms with van der Waals surface area (Å²) in [6.45, 7) is 6.18. The van der Waals surface area contributed by atoms with Crippen LogP contribution in [0.25, 0.3) is 33.2 Å². The molecule has 0 saturated carbocycles. The van der Waals surface area contributed by atoms with Crippen LogP contribution < -0.4 is 16.0 Å². The fraction of sp³-hybridized carbons (Fsp3) is 0.400. The van der Waals surface area contributed by atoms with Gasteiger partial charge < -0.3 is 40.2 Å². The van der Waals surface area contributed by atoms with Crippen molar-refractivity contribution in [3.8, 4) is 22.4 Å². The topological polar surface area (TPSA) is 175 Å². The molecule has 2 aliphatic heterocycles. The number of hydrogen-bond donors (Lipinski definition) is 4. The standard InChI is InChI=1S/C40H47N7O7/c1-23(42-36(48)34-9-7-19-47(34)38(50)25(3)44-40(52)54-5)26-10-12-27(13-11-26)28-14-15-30-21-31(17-16-29(30)20-28)32-22-41-35(45-32)33-8-6-18-46(33)37(49)24(2)43-39(51)53-4/h10-17,20-25,33-34H,6-9,18-19H2,1-5H3,(H,41,45)(H,42,48)(H,43,51)(H,44,52)/t23-,24+,25+,33+,34+/m1/s1. The smallest absolute Gasteiger partial charge is 0.407 e. The highest BCUT2D eigenvalue weighted by atomic mass is 16.5. The minimum Gasteiger partial charge on any atom is -0.453 e. The first-order valence-corrected chi connectivity index (χ1v) is 18.3. The Morgan fingerprint density at radius 1 is 0.722 bits per heavy atom. The van der Waals surface area contributed by atoms with Crippen molar-refractivity contribution < 1.29 is 33.4 Å². The van der Waals surface area contributed by atoms with Crippen molar-refractivity contribution in [2.24, 2.45) is 0 Å². The molecule has 3 heterocycles. The van der Waals surface area contributed by atoms with E-state index in [0.717, 1.165) is 51.6 Å². The molecule has 0 spiro atoms. The number of nitrogens with zero attached hydrogens (tertiary/aromatic N) is 3. The van der Waals surface area contributed by atoms with Gasteiger partial charge in [-0.25, -0.2) is 14.6 Å². The summed E-state index contributed by atoms with van der Waals surface area (Å²) >= 11 is 0. The van der Waals surface area contributed by atoms with Crippen LogP contribution >= 0.6 is 0 Å². The molecule has 14 nitrogen and oxygen atoms in total. The van der Waals surface area contributed by atoms with Crippen LogP contribution in [0.15, 0.2) is 66.9 Å². The van der Waals surface area contributed by atoms with Gasteiger partial charge in [-0.05, 0) is 86.1 Å². The minimum absolute atomic E-state index is 0.179. The predicted octanol–water partition coefficient (Wildman–Crippen LogP) is 5.22. The number of fused-ring (bicyclic) bond motifs is 1. The van der Waals surface area contributed by atoms with Crippen molar-refractivity contribution in [2.75, 3.05) is 27.3 Å². The van der Waals surface area contributed by atoms with Crippen LogP contribution in [0.3, 0.4) is 0 Å². The molecule has 54 heavy (non-hydrogen) atoms. The number of carbonyl (C=O) groups is 5. The highest BCUT2D eigenvalue weighted by molar-refractivity contribution is 5.92. The second-order valence-corrected chi connectivity index (χ2v) is 13.9. The minimum atomic E-state index is -0.805. The molecule has 4 N–H and O–H groups in total. The van der Waals surface area contributed by atoms with Gasteiger partial charge in [-0.1, -0.05) is 48.5 Å². The summed E-state index contributed by atoms with van der Waals surface area (Å²) < 4.78 is 9.24. The van der Waals surface area contributed by atoms with E-state index >= 15 is 0 Å². The zero-order valence-corrected chi connectivity index (χ0v) is 31.2. The van der Waals surface area contributed by atoms with E-state index in [2.05, 4.69) is 65.7 Å². The second kappa shape index (κ2) is 16.4. The van der Waals surface area contributed by atoms with E-state index in [1.54, 1.807) is 24.9 Å². The molecule has 5 atom stereocenters. The zero-order chi connectivity index (χ0) is 38.5. The van der Waals surface area contributed by atoms with Crippen LogP contribution in [0.1, 0.15) is 69.9 Å². The Hall–Kier alpha value is -5.92. The normalized spacial score (nSPS) is 18.5. The molecule has 5 amide bonds. The Kier molecular flexibility index (Phi) is 11.5. The molecular weight excluding hydrogens is 690 g/mol. The third-order valence-electron chi connectivity index (χ3n) is 10.3. The molecule has 6 rings (SSSR count). The van der Waals surface area contributed by atoms with Gasteiger partial charge >= 0.3 is 12.2 Å². The number of amides is 5. The predicted molar refractivity (Wildman–Crippen MR) is 202 cm³/mol. The van der Waals surface area contributed by atoms with Crippen LogP contribution in [0.2, 0.25) is 0 Å². The molecular formula is C40H47N7O7. The molecule has 2 aliphatic rings. The van der Waals surface area contributed by atoms with Gasteiger partial charge in [0.25, 0.3) is 0 Å². The molecule has 0 radical (unpaired) electrons. The third-order valence-corrected chi connectivity index (χ3v) is 10.3. The quantitative estimate of drug-likeness (QED) is 0.171. The molecule has 4 aromatic rings. The van der Waals surface area contributed by atoms with E-state index in [1.165, 1.54) is 19.1 Å². The number of hydrogen-bond acceptors (Lipinski definition) is 8. The van der Waals surface area contributed by atoms with Crippen LogP contribution in [0.4, 0.5) is 9.59 Å². The van der Waals surface area contributed by atoms with Crippen LogP contribution in [-0.4, -0.2) is 95.1 Å². The van der Waals surface area contributed by atoms with Gasteiger partial charge in [0.05, 0.1) is 38.2 Å². The number of H-pyrrole nitrogens is 1. The van der Waals surface area contributed by atoms with E-state index in [4.69, 9.17) is 0 Å². The van der Waals surface area contributed by atoms with Crippen LogP contribution in [0.5, 0.6) is 0 Å². The molecule has 0 unspecified atom stereocenters. The lowest BCUT2D eigenvalue weighted by atomic mass is 9.97. The molecule has 3 aromatic carbocycles. The number of imidazole rings is 1. The molecule has 0 aliphatic carbocycles. The lowest BCUT2D eigenvalue weighted by Crippen LogP contribution is -2.52. The Morgan fingerprint density at radius 2 is 1.28 bits per heavy atom. The summed E-state index contributed by atoms with van der Waals surface area (Å²) in [6.07, 6.45) is 3.33. The fourth-order valence-corrected chi connectivity index (χ4v) is 7.31. The second-order valence-electron chi connectivity index (χ2n) is 13.9. The SMILES string of the molecule is COC(=O)N[C@@H](C)C(=O)N1CCC[C@H]1C(=O)N[C@H](C)c1ccc(-c2ccc3cc(-c4cnc([C@@H]5CCCN5C(=O)[C@H](C)NC(=O)OC)[nH]4)ccc3c2)cc1. The van der Waals surface area contributed by atoms with E-state index in [-0.39, 0.29) is 29.8 Å². The van der Waals surface area contributed by atoms with Gasteiger partial charge in [0.2, 0.25) is 17.7 Å². The number of alkyl carbamates (subject to hydrolysis) is 2. The molecule has 1 aromatic heterocycles. The number of aromatic amines is 1. The maximum atomic E-state index is 13.3. The first kappa shape index (κ1) is 37.8. The summed E-state index contributed by atoms with van der Waals surface area (Å²) in [5, 5.41) is 10.2. The first-order valence-electron chi connectivity index (χ1n) is 18.3. The monoisotopic (exact) mass is 737 g/mol. The maximum Gasteiger partial charge on any atom is 0.407 e. The van der Waals surface area contributed by atoms with Gasteiger partial charge in [0.15, 0.2) is 0 Å². The lowest BCUT2D eigenvalue weighted by molar-refractivity contribution is -0.139. The van der Waals surface area contributed by atoms with Gasteiger partial charge in [-0.15, -0.1) is 0 Å². The number of benzene rings is 3. The number of carbonyl (C=O) groups excluding carboxylic acids is 5. The Bertz CT molecular complexity index is 2030. The van der Waals surface area contributed by atoms with Gasteiger partial charge in [0, 0.05) is 18.7 Å². The molecule has 284 valence electrons. The van der Waals surface area contributed by atoms with Crippen molar-refractivity contribution in [3.05, 3.63) is 78.2 Å². The van der Waals surface area contributed by atoms with E-state index in [9.17, 15) is 24.0 Å². The van der Waals surface area contributed by atoms with Crippen molar-refractivity contribution in [1.29, 1.82) is 0 Å². The van der Waals surface area contributed by atoms with Gasteiger partial charge in [0.1, 0.15) is 23.9 Å². The van der Waals surface area contributed by atoms with Gasteiger partial charge in [-0.2, -0.15) is 0 Å². The van der Waals surface area contributed by atoms with Crippen molar-refractivity contribution in [1.82, 2.24) is 35.7 Å². The molecule has 0 bridgehead atoms. The summed E-state index contributed by atoms with van der Waals surface area (Å²) in [6, 6.07) is 18.0. The number of methoxy groups -OCH3 is 2. The number of aromatic nitrogens is 2. The number of ether oxygens (including phenoxy) is 2. The Balaban J connectivity index is 1.08. The highest BCUT2D eigenvalue weighted by Gasteiger charge is 2.37. The molecule has 2 saturated heterocycles. The van der Waals surface area contributed by atoms with Crippen molar-refractivity contribution in [3.63, 3.8) is 0 Å². The summed E-state index contributed by atoms with van der Waals surface area (Å²) in [5.74, 6) is -0.00902. The summed E-state index contributed by atoms with van der Waals surface area (Å²) in [4.78, 5) is 74.0. The number of likely N-dealkylation sites (tertiary alicyclic amines) is 2. The average molecular weight is 738 g/mol. The number of rotatable bonds is 10. The van der Waals surface area contributed by atoms with Crippen LogP contribution in [-0.2, 0) is 23.9 Å². The number of nitrogens with one attached hydrogen (secondary N) is 4. The zero-order valence-electron chi connectivity index (χ0n) is 31.2. The maximum absolute atomic E-state index is 13.3. The van der Waals surface area contributed by atoms with E-state index in [0.29, 0.717) is 31.8 Å². The third kappa shape index (κ3) is 8.17. The van der Waals surface area contributed by atoms with E-state index < -0.39 is 30.3 Å². The van der Waals surface area contributed by atoms with Crippen molar-refractivity contribution in [2.45, 2.75) is 76.7 Å². The Labute approximate surface area is 314 Å². The Morgan fingerprint density at radius 3 is 1.93 bits per heavy atom. The first-order chi connectivity index (χ1) is 26.0. The van der Waals surface area contributed by atoms with Crippen molar-refractivity contribution >= 4 is 40.7 Å². The largest absolute Gasteiger partial charge is 0.453 e. The highest BCUT2D eigenvalue weighted by Crippen LogP contribution is 2.33. The fourth-order valence-electron chi connectivity index (χ4n) is 7.31. The molecule has 14 heteroatoms.